The Morgan fingerprint density at radius 2 is 2.25 bits per heavy atom. The molecule has 0 fully saturated rings. The molecule has 2 rings (SSSR count). The number of nitrogens with two attached hydrogens (primary N) is 1. The van der Waals surface area contributed by atoms with Gasteiger partial charge in [-0.2, -0.15) is 5.10 Å². The van der Waals surface area contributed by atoms with Crippen molar-refractivity contribution in [2.24, 2.45) is 7.05 Å². The number of nitrogens with zero attached hydrogens (tertiary/aromatic N) is 4. The van der Waals surface area contributed by atoms with Crippen molar-refractivity contribution in [1.29, 1.82) is 0 Å². The standard InChI is InChI=1S/C11H15N5/c1-15(7-9-6-13-16(2)8-9)11-5-3-4-10(12)14-11/h3-6,8H,7H2,1-2H3,(H2,12,14). The molecule has 0 atom stereocenters. The number of rotatable bonds is 3. The highest BCUT2D eigenvalue weighted by molar-refractivity contribution is 5.44. The maximum absolute atomic E-state index is 5.64. The van der Waals surface area contributed by atoms with E-state index in [1.807, 2.05) is 43.5 Å². The van der Waals surface area contributed by atoms with E-state index in [2.05, 4.69) is 10.1 Å². The maximum Gasteiger partial charge on any atom is 0.130 e. The van der Waals surface area contributed by atoms with Crippen LogP contribution in [0.15, 0.2) is 30.6 Å². The summed E-state index contributed by atoms with van der Waals surface area (Å²) in [6.45, 7) is 0.768. The summed E-state index contributed by atoms with van der Waals surface area (Å²) in [5, 5.41) is 4.13. The second-order valence-corrected chi connectivity index (χ2v) is 3.80. The van der Waals surface area contributed by atoms with Gasteiger partial charge in [-0.3, -0.25) is 4.68 Å². The molecule has 0 aliphatic heterocycles. The first-order chi connectivity index (χ1) is 7.65. The molecular formula is C11H15N5. The van der Waals surface area contributed by atoms with Crippen molar-refractivity contribution in [3.05, 3.63) is 36.2 Å². The normalized spacial score (nSPS) is 10.4. The summed E-state index contributed by atoms with van der Waals surface area (Å²) in [4.78, 5) is 6.29. The average molecular weight is 217 g/mol. The zero-order valence-corrected chi connectivity index (χ0v) is 9.46. The predicted octanol–water partition coefficient (Wildman–Crippen LogP) is 1.03. The van der Waals surface area contributed by atoms with Gasteiger partial charge < -0.3 is 10.6 Å². The van der Waals surface area contributed by atoms with Crippen molar-refractivity contribution in [3.8, 4) is 0 Å². The first kappa shape index (κ1) is 10.5. The first-order valence-electron chi connectivity index (χ1n) is 5.06. The third kappa shape index (κ3) is 2.31. The summed E-state index contributed by atoms with van der Waals surface area (Å²) in [7, 11) is 3.89. The van der Waals surface area contributed by atoms with Crippen molar-refractivity contribution < 1.29 is 0 Å². The van der Waals surface area contributed by atoms with Crippen molar-refractivity contribution in [1.82, 2.24) is 14.8 Å². The molecule has 0 bridgehead atoms. The van der Waals surface area contributed by atoms with E-state index in [1.54, 1.807) is 10.7 Å². The van der Waals surface area contributed by atoms with Gasteiger partial charge in [0.15, 0.2) is 0 Å². The summed E-state index contributed by atoms with van der Waals surface area (Å²) in [6.07, 6.45) is 3.84. The maximum atomic E-state index is 5.64. The molecule has 0 unspecified atom stereocenters. The molecular weight excluding hydrogens is 202 g/mol. The van der Waals surface area contributed by atoms with Gasteiger partial charge in [0, 0.05) is 32.4 Å². The first-order valence-corrected chi connectivity index (χ1v) is 5.06. The molecule has 0 saturated carbocycles. The van der Waals surface area contributed by atoms with Gasteiger partial charge >= 0.3 is 0 Å². The summed E-state index contributed by atoms with van der Waals surface area (Å²) >= 11 is 0. The molecule has 2 heterocycles. The van der Waals surface area contributed by atoms with E-state index in [1.165, 1.54) is 0 Å². The van der Waals surface area contributed by atoms with E-state index in [0.29, 0.717) is 5.82 Å². The van der Waals surface area contributed by atoms with Gasteiger partial charge in [-0.1, -0.05) is 6.07 Å². The van der Waals surface area contributed by atoms with Crippen LogP contribution in [0.2, 0.25) is 0 Å². The summed E-state index contributed by atoms with van der Waals surface area (Å²) in [6, 6.07) is 5.62. The Kier molecular flexibility index (Phi) is 2.76. The topological polar surface area (TPSA) is 60.0 Å². The van der Waals surface area contributed by atoms with Crippen LogP contribution in [-0.2, 0) is 13.6 Å². The summed E-state index contributed by atoms with van der Waals surface area (Å²) in [5.41, 5.74) is 6.79. The molecule has 5 heteroatoms. The number of anilines is 2. The number of hydrogen-bond acceptors (Lipinski definition) is 4. The zero-order valence-electron chi connectivity index (χ0n) is 9.46. The fourth-order valence-corrected chi connectivity index (χ4v) is 1.56. The molecule has 2 N–H and O–H groups in total. The van der Waals surface area contributed by atoms with Crippen LogP contribution in [0.3, 0.4) is 0 Å². The van der Waals surface area contributed by atoms with Crippen LogP contribution in [0.1, 0.15) is 5.56 Å². The van der Waals surface area contributed by atoms with E-state index in [4.69, 9.17) is 5.73 Å². The van der Waals surface area contributed by atoms with E-state index in [0.717, 1.165) is 17.9 Å². The lowest BCUT2D eigenvalue weighted by Gasteiger charge is -2.17. The fourth-order valence-electron chi connectivity index (χ4n) is 1.56. The third-order valence-electron chi connectivity index (χ3n) is 2.33. The number of pyridine rings is 1. The third-order valence-corrected chi connectivity index (χ3v) is 2.33. The summed E-state index contributed by atoms with van der Waals surface area (Å²) < 4.78 is 1.79. The minimum atomic E-state index is 0.538. The number of aromatic nitrogens is 3. The Bertz CT molecular complexity index is 477. The van der Waals surface area contributed by atoms with E-state index in [-0.39, 0.29) is 0 Å². The van der Waals surface area contributed by atoms with E-state index >= 15 is 0 Å². The number of hydrogen-bond donors (Lipinski definition) is 1. The van der Waals surface area contributed by atoms with Crippen LogP contribution in [0.25, 0.3) is 0 Å². The molecule has 2 aromatic heterocycles. The molecule has 0 radical (unpaired) electrons. The molecule has 0 saturated heterocycles. The molecule has 84 valence electrons. The quantitative estimate of drug-likeness (QED) is 0.834. The van der Waals surface area contributed by atoms with Crippen molar-refractivity contribution in [3.63, 3.8) is 0 Å². The van der Waals surface area contributed by atoms with Crippen LogP contribution >= 0.6 is 0 Å². The Morgan fingerprint density at radius 3 is 2.88 bits per heavy atom. The van der Waals surface area contributed by atoms with Crippen LogP contribution < -0.4 is 10.6 Å². The predicted molar refractivity (Wildman–Crippen MR) is 64.0 cm³/mol. The van der Waals surface area contributed by atoms with Gasteiger partial charge in [0.05, 0.1) is 6.20 Å². The highest BCUT2D eigenvalue weighted by Gasteiger charge is 2.04. The SMILES string of the molecule is CN(Cc1cnn(C)c1)c1cccc(N)n1. The van der Waals surface area contributed by atoms with Crippen molar-refractivity contribution in [2.45, 2.75) is 6.54 Å². The van der Waals surface area contributed by atoms with Crippen LogP contribution in [0, 0.1) is 0 Å². The average Bonchev–Trinajstić information content (AvgIpc) is 2.64. The van der Waals surface area contributed by atoms with E-state index in [9.17, 15) is 0 Å². The van der Waals surface area contributed by atoms with Gasteiger partial charge in [-0.25, -0.2) is 4.98 Å². The fraction of sp³-hybridized carbons (Fsp3) is 0.273. The number of aryl methyl sites for hydroxylation is 1. The van der Waals surface area contributed by atoms with Crippen LogP contribution in [0.4, 0.5) is 11.6 Å². The van der Waals surface area contributed by atoms with Crippen LogP contribution in [-0.4, -0.2) is 21.8 Å². The highest BCUT2D eigenvalue weighted by Crippen LogP contribution is 2.13. The lowest BCUT2D eigenvalue weighted by molar-refractivity contribution is 0.766. The second kappa shape index (κ2) is 4.22. The van der Waals surface area contributed by atoms with E-state index < -0.39 is 0 Å². The lowest BCUT2D eigenvalue weighted by atomic mass is 10.3. The highest BCUT2D eigenvalue weighted by atomic mass is 15.2. The van der Waals surface area contributed by atoms with Crippen molar-refractivity contribution in [2.75, 3.05) is 17.7 Å². The minimum absolute atomic E-state index is 0.538. The van der Waals surface area contributed by atoms with Gasteiger partial charge in [0.25, 0.3) is 0 Å². The van der Waals surface area contributed by atoms with Crippen LogP contribution in [0.5, 0.6) is 0 Å². The molecule has 0 spiro atoms. The molecule has 0 aliphatic rings. The molecule has 0 aromatic carbocycles. The monoisotopic (exact) mass is 217 g/mol. The second-order valence-electron chi connectivity index (χ2n) is 3.80. The smallest absolute Gasteiger partial charge is 0.130 e. The van der Waals surface area contributed by atoms with Gasteiger partial charge in [-0.15, -0.1) is 0 Å². The Labute approximate surface area is 94.5 Å². The molecule has 16 heavy (non-hydrogen) atoms. The minimum Gasteiger partial charge on any atom is -0.384 e. The molecule has 0 amide bonds. The molecule has 0 aliphatic carbocycles. The Hall–Kier alpha value is -2.04. The Morgan fingerprint density at radius 1 is 1.44 bits per heavy atom. The lowest BCUT2D eigenvalue weighted by Crippen LogP contribution is -2.17. The molecule has 5 nitrogen and oxygen atoms in total. The molecule has 2 aromatic rings. The largest absolute Gasteiger partial charge is 0.384 e. The summed E-state index contributed by atoms with van der Waals surface area (Å²) in [5.74, 6) is 1.40. The zero-order chi connectivity index (χ0) is 11.5. The van der Waals surface area contributed by atoms with Gasteiger partial charge in [-0.05, 0) is 12.1 Å². The Balaban J connectivity index is 2.11. The van der Waals surface area contributed by atoms with Gasteiger partial charge in [0.1, 0.15) is 11.6 Å². The van der Waals surface area contributed by atoms with Crippen molar-refractivity contribution >= 4 is 11.6 Å². The van der Waals surface area contributed by atoms with Gasteiger partial charge in [0.2, 0.25) is 0 Å². The number of nitrogen functional groups attached to an aromatic ring is 1.